The van der Waals surface area contributed by atoms with Crippen LogP contribution in [-0.2, 0) is 15.7 Å². The molecule has 0 aromatic heterocycles. The molecule has 2 saturated heterocycles. The number of piperidine rings is 1. The number of ether oxygens (including phenoxy) is 1. The second-order valence-corrected chi connectivity index (χ2v) is 10.9. The number of hydrogen-bond acceptors (Lipinski definition) is 5. The molecule has 37 heavy (non-hydrogen) atoms. The summed E-state index contributed by atoms with van der Waals surface area (Å²) in [4.78, 5) is 27.8. The molecule has 0 aliphatic carbocycles. The molecule has 4 atom stereocenters. The van der Waals surface area contributed by atoms with Gasteiger partial charge >= 0.3 is 12.3 Å². The van der Waals surface area contributed by atoms with Gasteiger partial charge in [0.25, 0.3) is 0 Å². The molecular weight excluding hydrogens is 485 g/mol. The number of halogens is 3. The average molecular weight is 519 g/mol. The van der Waals surface area contributed by atoms with Crippen LogP contribution in [0, 0.1) is 18.8 Å². The second kappa shape index (κ2) is 9.89. The molecule has 2 fully saturated rings. The number of likely N-dealkylation sites (tertiary alicyclic amines) is 1. The minimum Gasteiger partial charge on any atom is -0.444 e. The zero-order valence-corrected chi connectivity index (χ0v) is 21.4. The van der Waals surface area contributed by atoms with Crippen LogP contribution in [0.2, 0.25) is 0 Å². The summed E-state index contributed by atoms with van der Waals surface area (Å²) in [6.07, 6.45) is -4.48. The van der Waals surface area contributed by atoms with Crippen molar-refractivity contribution in [3.8, 4) is 0 Å². The lowest BCUT2D eigenvalue weighted by Gasteiger charge is -2.38. The van der Waals surface area contributed by atoms with Gasteiger partial charge in [0, 0.05) is 36.5 Å². The Morgan fingerprint density at radius 1 is 1.08 bits per heavy atom. The highest BCUT2D eigenvalue weighted by atomic mass is 19.4. The summed E-state index contributed by atoms with van der Waals surface area (Å²) in [6.45, 7) is 7.66. The standard InChI is InChI=1S/C27H33F3N4O3/c1-15-5-10-19(12-21(15)27(28,29)30)32-24(35)20-11-17-13-34(25(36)37-26(2,3)4)14-22(17)33-23(20)16-6-8-18(31)9-7-16/h5-10,12,17,20,22-23,33H,11,13-14,31H2,1-4H3,(H,32,35). The van der Waals surface area contributed by atoms with Gasteiger partial charge in [0.05, 0.1) is 11.5 Å². The zero-order chi connectivity index (χ0) is 27.1. The van der Waals surface area contributed by atoms with Crippen molar-refractivity contribution in [1.29, 1.82) is 0 Å². The number of nitrogens with two attached hydrogens (primary N) is 1. The molecule has 2 aromatic carbocycles. The van der Waals surface area contributed by atoms with Gasteiger partial charge in [0.15, 0.2) is 0 Å². The topological polar surface area (TPSA) is 96.7 Å². The Kier molecular flexibility index (Phi) is 7.16. The van der Waals surface area contributed by atoms with Gasteiger partial charge in [-0.15, -0.1) is 0 Å². The number of amides is 2. The number of carbonyl (C=O) groups excluding carboxylic acids is 2. The number of alkyl halides is 3. The lowest BCUT2D eigenvalue weighted by atomic mass is 9.78. The van der Waals surface area contributed by atoms with E-state index >= 15 is 0 Å². The van der Waals surface area contributed by atoms with E-state index in [1.165, 1.54) is 19.1 Å². The van der Waals surface area contributed by atoms with Gasteiger partial charge in [0.2, 0.25) is 5.91 Å². The van der Waals surface area contributed by atoms with Crippen LogP contribution >= 0.6 is 0 Å². The Morgan fingerprint density at radius 2 is 1.76 bits per heavy atom. The Bertz CT molecular complexity index is 1160. The molecule has 2 aromatic rings. The fourth-order valence-electron chi connectivity index (χ4n) is 5.11. The quantitative estimate of drug-likeness (QED) is 0.490. The number of anilines is 2. The van der Waals surface area contributed by atoms with Gasteiger partial charge in [-0.3, -0.25) is 4.79 Å². The number of rotatable bonds is 3. The first-order valence-electron chi connectivity index (χ1n) is 12.3. The monoisotopic (exact) mass is 518 g/mol. The second-order valence-electron chi connectivity index (χ2n) is 10.9. The number of hydrogen-bond donors (Lipinski definition) is 3. The van der Waals surface area contributed by atoms with Gasteiger partial charge < -0.3 is 26.0 Å². The summed E-state index contributed by atoms with van der Waals surface area (Å²) in [5.41, 5.74) is 6.02. The predicted molar refractivity (Wildman–Crippen MR) is 135 cm³/mol. The molecule has 0 spiro atoms. The number of nitrogens with one attached hydrogen (secondary N) is 2. The lowest BCUT2D eigenvalue weighted by molar-refractivity contribution is -0.138. The molecule has 2 amide bonds. The third-order valence-electron chi connectivity index (χ3n) is 6.89. The van der Waals surface area contributed by atoms with Crippen molar-refractivity contribution in [2.75, 3.05) is 24.1 Å². The van der Waals surface area contributed by atoms with Crippen molar-refractivity contribution in [1.82, 2.24) is 10.2 Å². The summed E-state index contributed by atoms with van der Waals surface area (Å²) in [6, 6.07) is 10.5. The molecule has 7 nitrogen and oxygen atoms in total. The molecule has 200 valence electrons. The highest BCUT2D eigenvalue weighted by Gasteiger charge is 2.46. The van der Waals surface area contributed by atoms with Crippen LogP contribution in [0.5, 0.6) is 0 Å². The van der Waals surface area contributed by atoms with Crippen LogP contribution in [0.4, 0.5) is 29.3 Å². The maximum Gasteiger partial charge on any atom is 0.416 e. The highest BCUT2D eigenvalue weighted by Crippen LogP contribution is 2.39. The fourth-order valence-corrected chi connectivity index (χ4v) is 5.11. The summed E-state index contributed by atoms with van der Waals surface area (Å²) in [5, 5.41) is 6.23. The van der Waals surface area contributed by atoms with Crippen LogP contribution in [0.3, 0.4) is 0 Å². The first-order valence-corrected chi connectivity index (χ1v) is 12.3. The molecule has 4 rings (SSSR count). The van der Waals surface area contributed by atoms with Crippen LogP contribution in [0.15, 0.2) is 42.5 Å². The number of carbonyl (C=O) groups is 2. The van der Waals surface area contributed by atoms with Gasteiger partial charge in [0.1, 0.15) is 5.60 Å². The minimum atomic E-state index is -4.52. The Morgan fingerprint density at radius 3 is 2.38 bits per heavy atom. The van der Waals surface area contributed by atoms with E-state index in [-0.39, 0.29) is 29.1 Å². The van der Waals surface area contributed by atoms with Crippen LogP contribution in [0.1, 0.15) is 49.9 Å². The third kappa shape index (κ3) is 6.18. The van der Waals surface area contributed by atoms with E-state index in [0.29, 0.717) is 25.2 Å². The molecular formula is C27H33F3N4O3. The van der Waals surface area contributed by atoms with E-state index < -0.39 is 35.4 Å². The summed E-state index contributed by atoms with van der Waals surface area (Å²) < 4.78 is 45.8. The molecule has 10 heteroatoms. The Hall–Kier alpha value is -3.27. The van der Waals surface area contributed by atoms with Crippen molar-refractivity contribution in [2.45, 2.75) is 58.0 Å². The van der Waals surface area contributed by atoms with Gasteiger partial charge in [-0.05, 0) is 75.4 Å². The Balaban J connectivity index is 1.58. The SMILES string of the molecule is Cc1ccc(NC(=O)C2CC3CN(C(=O)OC(C)(C)C)CC3NC2c2ccc(N)cc2)cc1C(F)(F)F. The van der Waals surface area contributed by atoms with Crippen molar-refractivity contribution in [3.05, 3.63) is 59.2 Å². The molecule has 0 bridgehead atoms. The van der Waals surface area contributed by atoms with Crippen LogP contribution in [-0.4, -0.2) is 41.6 Å². The predicted octanol–water partition coefficient (Wildman–Crippen LogP) is 5.12. The maximum absolute atomic E-state index is 13.5. The van der Waals surface area contributed by atoms with Crippen LogP contribution < -0.4 is 16.4 Å². The van der Waals surface area contributed by atoms with E-state index in [2.05, 4.69) is 10.6 Å². The molecule has 2 heterocycles. The number of nitrogen functional groups attached to an aromatic ring is 1. The lowest BCUT2D eigenvalue weighted by Crippen LogP contribution is -2.50. The summed E-state index contributed by atoms with van der Waals surface area (Å²) in [7, 11) is 0. The van der Waals surface area contributed by atoms with E-state index in [4.69, 9.17) is 10.5 Å². The molecule has 0 saturated carbocycles. The van der Waals surface area contributed by atoms with Crippen molar-refractivity contribution >= 4 is 23.4 Å². The van der Waals surface area contributed by atoms with Gasteiger partial charge in [-0.25, -0.2) is 4.79 Å². The van der Waals surface area contributed by atoms with E-state index in [0.717, 1.165) is 11.6 Å². The van der Waals surface area contributed by atoms with E-state index in [1.54, 1.807) is 37.8 Å². The fraction of sp³-hybridized carbons (Fsp3) is 0.481. The van der Waals surface area contributed by atoms with E-state index in [9.17, 15) is 22.8 Å². The maximum atomic E-state index is 13.5. The van der Waals surface area contributed by atoms with E-state index in [1.807, 2.05) is 12.1 Å². The molecule has 2 aliphatic heterocycles. The Labute approximate surface area is 214 Å². The smallest absolute Gasteiger partial charge is 0.416 e. The van der Waals surface area contributed by atoms with Crippen molar-refractivity contribution < 1.29 is 27.5 Å². The first-order chi connectivity index (χ1) is 17.2. The van der Waals surface area contributed by atoms with Gasteiger partial charge in [-0.2, -0.15) is 13.2 Å². The highest BCUT2D eigenvalue weighted by molar-refractivity contribution is 5.93. The van der Waals surface area contributed by atoms with Crippen molar-refractivity contribution in [3.63, 3.8) is 0 Å². The number of aryl methyl sites for hydroxylation is 1. The van der Waals surface area contributed by atoms with Crippen LogP contribution in [0.25, 0.3) is 0 Å². The molecule has 4 unspecified atom stereocenters. The zero-order valence-electron chi connectivity index (χ0n) is 21.4. The summed E-state index contributed by atoms with van der Waals surface area (Å²) in [5.74, 6) is -0.989. The average Bonchev–Trinajstić information content (AvgIpc) is 3.21. The normalized spacial score (nSPS) is 23.9. The summed E-state index contributed by atoms with van der Waals surface area (Å²) >= 11 is 0. The molecule has 4 N–H and O–H groups in total. The number of benzene rings is 2. The minimum absolute atomic E-state index is 0.0166. The largest absolute Gasteiger partial charge is 0.444 e. The number of fused-ring (bicyclic) bond motifs is 1. The third-order valence-corrected chi connectivity index (χ3v) is 6.89. The first kappa shape index (κ1) is 26.8. The van der Waals surface area contributed by atoms with Gasteiger partial charge in [-0.1, -0.05) is 18.2 Å². The molecule has 0 radical (unpaired) electrons. The molecule has 2 aliphatic rings. The number of nitrogens with zero attached hydrogens (tertiary/aromatic N) is 1. The van der Waals surface area contributed by atoms with Crippen molar-refractivity contribution in [2.24, 2.45) is 11.8 Å².